The molecule has 0 bridgehead atoms. The number of nitrogens with one attached hydrogen (secondary N) is 2. The van der Waals surface area contributed by atoms with Crippen LogP contribution in [0.25, 0.3) is 0 Å². The lowest BCUT2D eigenvalue weighted by Crippen LogP contribution is -2.50. The van der Waals surface area contributed by atoms with Crippen LogP contribution >= 0.6 is 0 Å². The van der Waals surface area contributed by atoms with Gasteiger partial charge in [0, 0.05) is 42.9 Å². The van der Waals surface area contributed by atoms with Crippen molar-refractivity contribution in [3.8, 4) is 0 Å². The zero-order chi connectivity index (χ0) is 29.0. The number of fused-ring (bicyclic) bond motifs is 1. The number of rotatable bonds is 14. The van der Waals surface area contributed by atoms with Crippen molar-refractivity contribution in [2.24, 2.45) is 5.92 Å². The molecule has 3 heterocycles. The first-order chi connectivity index (χ1) is 20.0. The summed E-state index contributed by atoms with van der Waals surface area (Å²) in [5.74, 6) is 0.0133. The summed E-state index contributed by atoms with van der Waals surface area (Å²) in [6.45, 7) is 5.67. The van der Waals surface area contributed by atoms with Crippen LogP contribution in [0.15, 0.2) is 67.1 Å². The summed E-state index contributed by atoms with van der Waals surface area (Å²) in [4.78, 5) is 51.1. The van der Waals surface area contributed by atoms with Crippen molar-refractivity contribution in [2.75, 3.05) is 41.3 Å². The van der Waals surface area contributed by atoms with E-state index in [9.17, 15) is 14.4 Å². The summed E-state index contributed by atoms with van der Waals surface area (Å²) >= 11 is 0. The summed E-state index contributed by atoms with van der Waals surface area (Å²) in [5, 5.41) is 6.19. The van der Waals surface area contributed by atoms with Crippen LogP contribution in [0.5, 0.6) is 0 Å². The Labute approximate surface area is 242 Å². The maximum Gasteiger partial charge on any atom is 0.257 e. The minimum atomic E-state index is -0.301. The molecule has 0 spiro atoms. The van der Waals surface area contributed by atoms with Crippen LogP contribution in [0, 0.1) is 5.92 Å². The van der Waals surface area contributed by atoms with Gasteiger partial charge < -0.3 is 15.5 Å². The standard InChI is InChI=1S/C32H40N6O3/c1-3-5-9-24(4-2)14-18-34-22-30(39)38-23-31(40)37(19-15-26-11-6-7-17-35-26)28-13-12-27(20-29(28)38)36-32(41)25-10-8-16-33-21-25/h6-8,10-13,16-17,20-21,24,34H,3-5,9,14-15,18-19,22-23H2,1-2H3,(H,36,41). The van der Waals surface area contributed by atoms with Crippen LogP contribution in [0.4, 0.5) is 17.1 Å². The highest BCUT2D eigenvalue weighted by Crippen LogP contribution is 2.36. The molecule has 3 aromatic rings. The maximum atomic E-state index is 13.4. The number of nitrogens with zero attached hydrogens (tertiary/aromatic N) is 4. The van der Waals surface area contributed by atoms with Crippen LogP contribution in [0.2, 0.25) is 0 Å². The number of carbonyl (C=O) groups excluding carboxylic acids is 3. The van der Waals surface area contributed by atoms with Gasteiger partial charge in [-0.25, -0.2) is 0 Å². The van der Waals surface area contributed by atoms with Gasteiger partial charge in [0.15, 0.2) is 0 Å². The molecule has 0 fully saturated rings. The Bertz CT molecular complexity index is 1300. The lowest BCUT2D eigenvalue weighted by atomic mass is 9.96. The molecule has 1 aromatic carbocycles. The zero-order valence-electron chi connectivity index (χ0n) is 24.0. The topological polar surface area (TPSA) is 108 Å². The van der Waals surface area contributed by atoms with Gasteiger partial charge in [-0.3, -0.25) is 29.3 Å². The number of pyridine rings is 2. The van der Waals surface area contributed by atoms with E-state index < -0.39 is 0 Å². The quantitative estimate of drug-likeness (QED) is 0.275. The Morgan fingerprint density at radius 3 is 2.63 bits per heavy atom. The van der Waals surface area contributed by atoms with Gasteiger partial charge in [0.05, 0.1) is 23.5 Å². The molecule has 0 aliphatic carbocycles. The fourth-order valence-corrected chi connectivity index (χ4v) is 5.07. The molecule has 9 heteroatoms. The van der Waals surface area contributed by atoms with Gasteiger partial charge in [0.25, 0.3) is 5.91 Å². The van der Waals surface area contributed by atoms with E-state index in [1.807, 2.05) is 18.2 Å². The van der Waals surface area contributed by atoms with Crippen molar-refractivity contribution in [2.45, 2.75) is 52.4 Å². The third-order valence-electron chi connectivity index (χ3n) is 7.50. The molecule has 3 amide bonds. The van der Waals surface area contributed by atoms with Gasteiger partial charge in [-0.1, -0.05) is 45.6 Å². The molecule has 0 saturated heterocycles. The summed E-state index contributed by atoms with van der Waals surface area (Å²) in [5.41, 5.74) is 3.07. The smallest absolute Gasteiger partial charge is 0.257 e. The van der Waals surface area contributed by atoms with Crippen molar-refractivity contribution in [3.05, 3.63) is 78.4 Å². The number of hydrogen-bond donors (Lipinski definition) is 2. The van der Waals surface area contributed by atoms with E-state index >= 15 is 0 Å². The summed E-state index contributed by atoms with van der Waals surface area (Å²) in [6, 6.07) is 14.4. The molecule has 1 aliphatic rings. The van der Waals surface area contributed by atoms with E-state index in [0.717, 1.165) is 25.1 Å². The Morgan fingerprint density at radius 2 is 1.90 bits per heavy atom. The average Bonchev–Trinajstić information content (AvgIpc) is 3.00. The Morgan fingerprint density at radius 1 is 1.02 bits per heavy atom. The molecule has 4 rings (SSSR count). The summed E-state index contributed by atoms with van der Waals surface area (Å²) in [7, 11) is 0. The normalized spacial score (nSPS) is 13.6. The third kappa shape index (κ3) is 8.20. The highest BCUT2D eigenvalue weighted by Gasteiger charge is 2.32. The third-order valence-corrected chi connectivity index (χ3v) is 7.50. The molecule has 1 unspecified atom stereocenters. The number of aromatic nitrogens is 2. The lowest BCUT2D eigenvalue weighted by Gasteiger charge is -2.36. The fraction of sp³-hybridized carbons (Fsp3) is 0.406. The number of unbranched alkanes of at least 4 members (excludes halogenated alkanes) is 1. The number of anilines is 3. The van der Waals surface area contributed by atoms with E-state index in [0.29, 0.717) is 41.5 Å². The van der Waals surface area contributed by atoms with Gasteiger partial charge in [0.2, 0.25) is 11.8 Å². The van der Waals surface area contributed by atoms with Crippen molar-refractivity contribution in [1.82, 2.24) is 15.3 Å². The van der Waals surface area contributed by atoms with Crippen LogP contribution < -0.4 is 20.4 Å². The van der Waals surface area contributed by atoms with Gasteiger partial charge in [-0.05, 0) is 61.3 Å². The Balaban J connectivity index is 1.50. The van der Waals surface area contributed by atoms with Crippen molar-refractivity contribution >= 4 is 34.8 Å². The molecule has 216 valence electrons. The molecule has 1 atom stereocenters. The van der Waals surface area contributed by atoms with Crippen LogP contribution in [0.3, 0.4) is 0 Å². The fourth-order valence-electron chi connectivity index (χ4n) is 5.07. The maximum absolute atomic E-state index is 13.4. The molecule has 2 N–H and O–H groups in total. The number of benzene rings is 1. The van der Waals surface area contributed by atoms with Crippen molar-refractivity contribution in [3.63, 3.8) is 0 Å². The first-order valence-electron chi connectivity index (χ1n) is 14.6. The highest BCUT2D eigenvalue weighted by molar-refractivity contribution is 6.12. The Hall–Kier alpha value is -4.11. The first-order valence-corrected chi connectivity index (χ1v) is 14.6. The van der Waals surface area contributed by atoms with E-state index in [-0.39, 0.29) is 30.8 Å². The predicted octanol–water partition coefficient (Wildman–Crippen LogP) is 4.85. The first kappa shape index (κ1) is 29.9. The number of amides is 3. The van der Waals surface area contributed by atoms with E-state index in [4.69, 9.17) is 0 Å². The molecule has 0 radical (unpaired) electrons. The highest BCUT2D eigenvalue weighted by atomic mass is 16.2. The van der Waals surface area contributed by atoms with Crippen molar-refractivity contribution in [1.29, 1.82) is 0 Å². The van der Waals surface area contributed by atoms with Gasteiger partial charge in [-0.2, -0.15) is 0 Å². The monoisotopic (exact) mass is 556 g/mol. The van der Waals surface area contributed by atoms with E-state index in [1.165, 1.54) is 30.4 Å². The molecular formula is C32H40N6O3. The van der Waals surface area contributed by atoms with Crippen LogP contribution in [-0.4, -0.2) is 53.9 Å². The Kier molecular flexibility index (Phi) is 11.0. The minimum absolute atomic E-state index is 0.0657. The molecule has 41 heavy (non-hydrogen) atoms. The lowest BCUT2D eigenvalue weighted by molar-refractivity contribution is -0.122. The van der Waals surface area contributed by atoms with E-state index in [1.54, 1.807) is 47.6 Å². The van der Waals surface area contributed by atoms with Crippen LogP contribution in [0.1, 0.15) is 62.0 Å². The molecule has 0 saturated carbocycles. The van der Waals surface area contributed by atoms with Crippen LogP contribution in [-0.2, 0) is 16.0 Å². The average molecular weight is 557 g/mol. The zero-order valence-corrected chi connectivity index (χ0v) is 24.0. The van der Waals surface area contributed by atoms with Crippen molar-refractivity contribution < 1.29 is 14.4 Å². The van der Waals surface area contributed by atoms with Gasteiger partial charge in [-0.15, -0.1) is 0 Å². The largest absolute Gasteiger partial charge is 0.322 e. The second-order valence-electron chi connectivity index (χ2n) is 10.4. The molecular weight excluding hydrogens is 516 g/mol. The summed E-state index contributed by atoms with van der Waals surface area (Å²) < 4.78 is 0. The molecule has 9 nitrogen and oxygen atoms in total. The van der Waals surface area contributed by atoms with E-state index in [2.05, 4.69) is 34.4 Å². The predicted molar refractivity (Wildman–Crippen MR) is 162 cm³/mol. The van der Waals surface area contributed by atoms with Gasteiger partial charge >= 0.3 is 0 Å². The molecule has 2 aromatic heterocycles. The second-order valence-corrected chi connectivity index (χ2v) is 10.4. The number of hydrogen-bond acceptors (Lipinski definition) is 6. The second kappa shape index (κ2) is 15.0. The molecule has 1 aliphatic heterocycles. The SMILES string of the molecule is CCCCC(CC)CCNCC(=O)N1CC(=O)N(CCc2ccccn2)c2ccc(NC(=O)c3cccnc3)cc21. The van der Waals surface area contributed by atoms with Gasteiger partial charge in [0.1, 0.15) is 6.54 Å². The number of carbonyl (C=O) groups is 3. The minimum Gasteiger partial charge on any atom is -0.322 e. The summed E-state index contributed by atoms with van der Waals surface area (Å²) in [6.07, 6.45) is 11.2.